The lowest BCUT2D eigenvalue weighted by atomic mass is 10.0. The summed E-state index contributed by atoms with van der Waals surface area (Å²) < 4.78 is 10.8. The first-order valence-corrected chi connectivity index (χ1v) is 20.2. The number of pyridine rings is 2. The summed E-state index contributed by atoms with van der Waals surface area (Å²) in [6.45, 7) is 16.9. The molecule has 8 nitrogen and oxygen atoms in total. The Hall–Kier alpha value is -5.76. The molecule has 4 aromatic heterocycles. The van der Waals surface area contributed by atoms with E-state index in [1.54, 1.807) is 49.1 Å². The highest BCUT2D eigenvalue weighted by atomic mass is 16.4. The second kappa shape index (κ2) is 24.8. The van der Waals surface area contributed by atoms with Crippen LogP contribution in [0.4, 0.5) is 0 Å². The average Bonchev–Trinajstić information content (AvgIpc) is 3.17. The monoisotopic (exact) mass is 786 g/mol. The third-order valence-electron chi connectivity index (χ3n) is 9.50. The summed E-state index contributed by atoms with van der Waals surface area (Å²) >= 11 is 0. The van der Waals surface area contributed by atoms with Crippen LogP contribution in [0, 0.1) is 0 Å². The Bertz CT molecular complexity index is 2050. The zero-order chi connectivity index (χ0) is 42.5. The van der Waals surface area contributed by atoms with E-state index < -0.39 is 11.3 Å². The quantitative estimate of drug-likeness (QED) is 0.0955. The fourth-order valence-corrected chi connectivity index (χ4v) is 5.92. The molecular weight excluding hydrogens is 725 g/mol. The zero-order valence-electron chi connectivity index (χ0n) is 35.7. The van der Waals surface area contributed by atoms with Crippen LogP contribution in [-0.4, -0.2) is 20.2 Å². The molecule has 0 aromatic carbocycles. The van der Waals surface area contributed by atoms with Crippen molar-refractivity contribution < 1.29 is 19.0 Å². The molecule has 0 unspecified atom stereocenters. The van der Waals surface area contributed by atoms with Gasteiger partial charge in [0.15, 0.2) is 0 Å². The minimum atomic E-state index is -0.511. The minimum Gasteiger partial charge on any atom is -0.507 e. The van der Waals surface area contributed by atoms with Crippen molar-refractivity contribution >= 4 is 0 Å². The minimum absolute atomic E-state index is 0.0424. The van der Waals surface area contributed by atoms with Crippen molar-refractivity contribution in [1.29, 1.82) is 0 Å². The van der Waals surface area contributed by atoms with Gasteiger partial charge in [-0.1, -0.05) is 69.9 Å². The number of nitrogens with zero attached hydrogens (tertiary/aromatic N) is 2. The summed E-state index contributed by atoms with van der Waals surface area (Å²) in [4.78, 5) is 32.6. The van der Waals surface area contributed by atoms with Gasteiger partial charge in [0.1, 0.15) is 23.0 Å². The van der Waals surface area contributed by atoms with Crippen molar-refractivity contribution in [2.75, 3.05) is 0 Å². The zero-order valence-corrected chi connectivity index (χ0v) is 35.7. The normalized spacial score (nSPS) is 12.1. The summed E-state index contributed by atoms with van der Waals surface area (Å²) in [5, 5.41) is 20.6. The molecule has 4 heterocycles. The number of hydrogen-bond acceptors (Lipinski definition) is 8. The highest BCUT2D eigenvalue weighted by Gasteiger charge is 2.13. The molecule has 2 N–H and O–H groups in total. The van der Waals surface area contributed by atoms with E-state index in [-0.39, 0.29) is 22.6 Å². The fraction of sp³-hybridized carbons (Fsp3) is 0.360. The largest absolute Gasteiger partial charge is 0.507 e. The molecule has 0 atom stereocenters. The molecule has 0 aliphatic carbocycles. The molecule has 0 saturated heterocycles. The third-order valence-corrected chi connectivity index (χ3v) is 9.50. The van der Waals surface area contributed by atoms with Crippen molar-refractivity contribution in [2.24, 2.45) is 0 Å². The molecule has 4 aromatic rings. The second-order valence-electron chi connectivity index (χ2n) is 15.3. The number of hydrogen-bond donors (Lipinski definition) is 2. The van der Waals surface area contributed by atoms with Crippen LogP contribution in [0.1, 0.15) is 118 Å². The maximum Gasteiger partial charge on any atom is 0.343 e. The Labute approximate surface area is 344 Å². The first kappa shape index (κ1) is 46.6. The predicted octanol–water partition coefficient (Wildman–Crippen LogP) is 12.7. The van der Waals surface area contributed by atoms with E-state index in [4.69, 9.17) is 8.83 Å². The fourth-order valence-electron chi connectivity index (χ4n) is 5.92. The van der Waals surface area contributed by atoms with Crippen LogP contribution in [0.2, 0.25) is 0 Å². The molecule has 0 amide bonds. The molecule has 0 aliphatic rings. The predicted molar refractivity (Wildman–Crippen MR) is 238 cm³/mol. The summed E-state index contributed by atoms with van der Waals surface area (Å²) in [7, 11) is 0. The van der Waals surface area contributed by atoms with Gasteiger partial charge < -0.3 is 19.0 Å². The van der Waals surface area contributed by atoms with Gasteiger partial charge in [-0.3, -0.25) is 9.97 Å². The van der Waals surface area contributed by atoms with Crippen molar-refractivity contribution in [3.63, 3.8) is 0 Å². The van der Waals surface area contributed by atoms with Crippen molar-refractivity contribution in [3.05, 3.63) is 163 Å². The van der Waals surface area contributed by atoms with Crippen molar-refractivity contribution in [3.8, 4) is 34.1 Å². The van der Waals surface area contributed by atoms with E-state index in [2.05, 4.69) is 89.7 Å². The smallest absolute Gasteiger partial charge is 0.343 e. The van der Waals surface area contributed by atoms with E-state index in [9.17, 15) is 19.8 Å². The Morgan fingerprint density at radius 2 is 0.879 bits per heavy atom. The summed E-state index contributed by atoms with van der Waals surface area (Å²) in [5.41, 5.74) is 8.76. The van der Waals surface area contributed by atoms with E-state index in [1.807, 2.05) is 12.2 Å². The lowest BCUT2D eigenvalue weighted by Gasteiger charge is -2.05. The van der Waals surface area contributed by atoms with E-state index >= 15 is 0 Å². The Balaban J connectivity index is 0.000000310. The van der Waals surface area contributed by atoms with Gasteiger partial charge in [-0.15, -0.1) is 0 Å². The van der Waals surface area contributed by atoms with Crippen molar-refractivity contribution in [1.82, 2.24) is 9.97 Å². The van der Waals surface area contributed by atoms with Gasteiger partial charge in [0.05, 0.1) is 11.1 Å². The Kier molecular flexibility index (Phi) is 19.9. The maximum atomic E-state index is 12.3. The van der Waals surface area contributed by atoms with Crippen LogP contribution in [0.3, 0.4) is 0 Å². The SMILES string of the molecule is CC(C)=CCC/C(C)=C/CC/C(C)=C/Cc1c(O)cc(-c2cccnc2)oc1=O.CC(C)=CCC/C(C)=C/CC/C(C)=C/Cc1c(O)cc(-c2cccnc2)oc1=O. The topological polar surface area (TPSA) is 127 Å². The van der Waals surface area contributed by atoms with Gasteiger partial charge in [0.2, 0.25) is 0 Å². The standard InChI is InChI=1S/2C25H31NO3/c2*1-18(2)8-5-9-19(3)10-6-11-20(4)13-14-22-23(27)16-24(29-25(22)28)21-12-7-15-26-17-21/h2*7-8,10,12-13,15-17,27H,5-6,9,11,14H2,1-4H3/b2*19-10+,20-13+. The molecule has 308 valence electrons. The van der Waals surface area contributed by atoms with Crippen LogP contribution in [0.25, 0.3) is 22.6 Å². The van der Waals surface area contributed by atoms with Gasteiger partial charge in [0.25, 0.3) is 0 Å². The van der Waals surface area contributed by atoms with Crippen LogP contribution >= 0.6 is 0 Å². The van der Waals surface area contributed by atoms with Gasteiger partial charge in [0, 0.05) is 60.9 Å². The van der Waals surface area contributed by atoms with Gasteiger partial charge in [-0.05, 0) is 131 Å². The number of aromatic hydroxyl groups is 2. The highest BCUT2D eigenvalue weighted by molar-refractivity contribution is 5.59. The Morgan fingerprint density at radius 1 is 0.534 bits per heavy atom. The molecule has 58 heavy (non-hydrogen) atoms. The van der Waals surface area contributed by atoms with Gasteiger partial charge >= 0.3 is 11.3 Å². The van der Waals surface area contributed by atoms with Gasteiger partial charge in [-0.2, -0.15) is 0 Å². The molecule has 0 radical (unpaired) electrons. The summed E-state index contributed by atoms with van der Waals surface area (Å²) in [6, 6.07) is 10.0. The van der Waals surface area contributed by atoms with E-state index in [0.29, 0.717) is 35.5 Å². The van der Waals surface area contributed by atoms with Crippen LogP contribution < -0.4 is 11.3 Å². The molecular formula is C50H62N2O6. The third kappa shape index (κ3) is 17.2. The number of allylic oxidation sites excluding steroid dienone is 12. The van der Waals surface area contributed by atoms with E-state index in [0.717, 1.165) is 51.4 Å². The number of aromatic nitrogens is 2. The molecule has 0 bridgehead atoms. The molecule has 0 fully saturated rings. The number of rotatable bonds is 18. The molecule has 8 heteroatoms. The second-order valence-corrected chi connectivity index (χ2v) is 15.3. The van der Waals surface area contributed by atoms with Crippen LogP contribution in [-0.2, 0) is 12.8 Å². The highest BCUT2D eigenvalue weighted by Crippen LogP contribution is 2.26. The lowest BCUT2D eigenvalue weighted by Crippen LogP contribution is -2.07. The lowest BCUT2D eigenvalue weighted by molar-refractivity contribution is 0.442. The van der Waals surface area contributed by atoms with Gasteiger partial charge in [-0.25, -0.2) is 9.59 Å². The van der Waals surface area contributed by atoms with Crippen molar-refractivity contribution in [2.45, 2.75) is 120 Å². The average molecular weight is 787 g/mol. The Morgan fingerprint density at radius 3 is 1.19 bits per heavy atom. The summed E-state index contributed by atoms with van der Waals surface area (Å²) in [6.07, 6.45) is 28.4. The van der Waals surface area contributed by atoms with E-state index in [1.165, 1.54) is 45.6 Å². The molecule has 0 saturated carbocycles. The maximum absolute atomic E-state index is 12.3. The van der Waals surface area contributed by atoms with Crippen LogP contribution in [0.5, 0.6) is 11.5 Å². The molecule has 0 spiro atoms. The molecule has 4 rings (SSSR count). The first-order chi connectivity index (χ1) is 27.7. The molecule has 0 aliphatic heterocycles. The summed E-state index contributed by atoms with van der Waals surface area (Å²) in [5.74, 6) is 0.552. The van der Waals surface area contributed by atoms with Crippen LogP contribution in [0.15, 0.2) is 150 Å². The first-order valence-electron chi connectivity index (χ1n) is 20.2.